The molecule has 2 rings (SSSR count). The number of hydrogen-bond acceptors (Lipinski definition) is 1. The van der Waals surface area contributed by atoms with Gasteiger partial charge >= 0.3 is 0 Å². The van der Waals surface area contributed by atoms with Gasteiger partial charge in [-0.1, -0.05) is 36.4 Å². The Labute approximate surface area is 102 Å². The van der Waals surface area contributed by atoms with Gasteiger partial charge in [0.2, 0.25) is 0 Å². The van der Waals surface area contributed by atoms with Crippen LogP contribution in [0.25, 0.3) is 16.7 Å². The molecule has 0 atom stereocenters. The second-order valence-corrected chi connectivity index (χ2v) is 4.11. The van der Waals surface area contributed by atoms with Gasteiger partial charge in [0.15, 0.2) is 0 Å². The van der Waals surface area contributed by atoms with E-state index in [0.717, 1.165) is 22.3 Å². The summed E-state index contributed by atoms with van der Waals surface area (Å²) in [5.41, 5.74) is 4.39. The first-order valence-corrected chi connectivity index (χ1v) is 5.73. The summed E-state index contributed by atoms with van der Waals surface area (Å²) >= 11 is 0. The second-order valence-electron chi connectivity index (χ2n) is 4.11. The van der Waals surface area contributed by atoms with E-state index in [1.807, 2.05) is 50.3 Å². The molecule has 17 heavy (non-hydrogen) atoms. The first kappa shape index (κ1) is 11.5. The summed E-state index contributed by atoms with van der Waals surface area (Å²) in [6.07, 6.45) is 2.05. The van der Waals surface area contributed by atoms with Crippen molar-refractivity contribution in [3.05, 3.63) is 60.2 Å². The van der Waals surface area contributed by atoms with Crippen LogP contribution in [-0.4, -0.2) is 5.11 Å². The van der Waals surface area contributed by atoms with Crippen molar-refractivity contribution in [2.45, 2.75) is 13.8 Å². The van der Waals surface area contributed by atoms with Crippen molar-refractivity contribution < 1.29 is 5.11 Å². The summed E-state index contributed by atoms with van der Waals surface area (Å²) in [5, 5.41) is 9.77. The number of phenols is 1. The first-order chi connectivity index (χ1) is 8.20. The van der Waals surface area contributed by atoms with Crippen LogP contribution in [0.4, 0.5) is 0 Å². The Bertz CT molecular complexity index is 539. The molecule has 0 bridgehead atoms. The molecule has 0 aliphatic heterocycles. The highest BCUT2D eigenvalue weighted by Gasteiger charge is 2.03. The summed E-state index contributed by atoms with van der Waals surface area (Å²) in [7, 11) is 0. The predicted octanol–water partition coefficient (Wildman–Crippen LogP) is 4.48. The summed E-state index contributed by atoms with van der Waals surface area (Å²) in [6.45, 7) is 4.05. The van der Waals surface area contributed by atoms with Crippen molar-refractivity contribution in [2.24, 2.45) is 0 Å². The van der Waals surface area contributed by atoms with Gasteiger partial charge in [-0.3, -0.25) is 0 Å². The Morgan fingerprint density at radius 1 is 1.00 bits per heavy atom. The lowest BCUT2D eigenvalue weighted by atomic mass is 9.99. The Balaban J connectivity index is 2.53. The van der Waals surface area contributed by atoms with Crippen LogP contribution in [0.2, 0.25) is 0 Å². The fraction of sp³-hybridized carbons (Fsp3) is 0.125. The zero-order valence-corrected chi connectivity index (χ0v) is 10.1. The number of allylic oxidation sites excluding steroid dienone is 2. The molecule has 0 radical (unpaired) electrons. The van der Waals surface area contributed by atoms with Gasteiger partial charge in [-0.15, -0.1) is 0 Å². The third-order valence-corrected chi connectivity index (χ3v) is 2.91. The number of hydrogen-bond donors (Lipinski definition) is 1. The zero-order chi connectivity index (χ0) is 12.3. The van der Waals surface area contributed by atoms with Crippen LogP contribution in [0, 0.1) is 0 Å². The fourth-order valence-electron chi connectivity index (χ4n) is 1.80. The molecule has 0 aliphatic rings. The maximum Gasteiger partial charge on any atom is 0.116 e. The van der Waals surface area contributed by atoms with Gasteiger partial charge < -0.3 is 5.11 Å². The molecule has 2 aromatic rings. The number of benzene rings is 2. The Morgan fingerprint density at radius 2 is 1.71 bits per heavy atom. The van der Waals surface area contributed by atoms with Crippen LogP contribution in [0.15, 0.2) is 54.6 Å². The highest BCUT2D eigenvalue weighted by atomic mass is 16.3. The normalized spacial score (nSPS) is 11.5. The van der Waals surface area contributed by atoms with Crippen LogP contribution in [0.5, 0.6) is 5.75 Å². The standard InChI is InChI=1S/C16H16O/c1-3-12(2)14-9-15(11-16(17)10-14)13-7-5-4-6-8-13/h3-11,17H,1-2H3/b12-3+. The molecule has 0 unspecified atom stereocenters. The van der Waals surface area contributed by atoms with Gasteiger partial charge in [-0.05, 0) is 54.3 Å². The van der Waals surface area contributed by atoms with Gasteiger partial charge in [-0.25, -0.2) is 0 Å². The zero-order valence-electron chi connectivity index (χ0n) is 10.1. The van der Waals surface area contributed by atoms with Gasteiger partial charge in [0.05, 0.1) is 0 Å². The molecule has 1 heteroatoms. The minimum Gasteiger partial charge on any atom is -0.508 e. The van der Waals surface area contributed by atoms with Gasteiger partial charge in [0, 0.05) is 0 Å². The fourth-order valence-corrected chi connectivity index (χ4v) is 1.80. The summed E-state index contributed by atoms with van der Waals surface area (Å²) in [6, 6.07) is 15.8. The van der Waals surface area contributed by atoms with E-state index < -0.39 is 0 Å². The topological polar surface area (TPSA) is 20.2 Å². The van der Waals surface area contributed by atoms with Crippen LogP contribution >= 0.6 is 0 Å². The Kier molecular flexibility index (Phi) is 3.29. The number of aromatic hydroxyl groups is 1. The minimum absolute atomic E-state index is 0.308. The molecular formula is C16H16O. The third-order valence-electron chi connectivity index (χ3n) is 2.91. The Morgan fingerprint density at radius 3 is 2.35 bits per heavy atom. The molecule has 0 amide bonds. The quantitative estimate of drug-likeness (QED) is 0.797. The Hall–Kier alpha value is -2.02. The van der Waals surface area contributed by atoms with Crippen LogP contribution in [0.3, 0.4) is 0 Å². The maximum absolute atomic E-state index is 9.77. The van der Waals surface area contributed by atoms with E-state index in [1.165, 1.54) is 0 Å². The minimum atomic E-state index is 0.308. The maximum atomic E-state index is 9.77. The number of rotatable bonds is 2. The number of phenolic OH excluding ortho intramolecular Hbond substituents is 1. The van der Waals surface area contributed by atoms with Gasteiger partial charge in [0.25, 0.3) is 0 Å². The SMILES string of the molecule is C/C=C(\C)c1cc(O)cc(-c2ccccc2)c1. The molecule has 86 valence electrons. The molecule has 1 nitrogen and oxygen atoms in total. The second kappa shape index (κ2) is 4.88. The van der Waals surface area contributed by atoms with Crippen LogP contribution in [-0.2, 0) is 0 Å². The molecule has 0 saturated heterocycles. The van der Waals surface area contributed by atoms with E-state index in [9.17, 15) is 5.11 Å². The molecular weight excluding hydrogens is 208 g/mol. The van der Waals surface area contributed by atoms with Crippen molar-refractivity contribution in [3.63, 3.8) is 0 Å². The van der Waals surface area contributed by atoms with Gasteiger partial charge in [-0.2, -0.15) is 0 Å². The molecule has 2 aromatic carbocycles. The molecule has 0 saturated carbocycles. The largest absolute Gasteiger partial charge is 0.508 e. The van der Waals surface area contributed by atoms with E-state index in [1.54, 1.807) is 12.1 Å². The van der Waals surface area contributed by atoms with Crippen molar-refractivity contribution >= 4 is 5.57 Å². The highest BCUT2D eigenvalue weighted by Crippen LogP contribution is 2.28. The van der Waals surface area contributed by atoms with Gasteiger partial charge in [0.1, 0.15) is 5.75 Å². The third kappa shape index (κ3) is 2.56. The van der Waals surface area contributed by atoms with E-state index in [2.05, 4.69) is 6.07 Å². The molecule has 0 heterocycles. The van der Waals surface area contributed by atoms with E-state index in [-0.39, 0.29) is 0 Å². The van der Waals surface area contributed by atoms with Crippen molar-refractivity contribution in [2.75, 3.05) is 0 Å². The average Bonchev–Trinajstić information content (AvgIpc) is 2.38. The highest BCUT2D eigenvalue weighted by molar-refractivity contribution is 5.73. The molecule has 0 aliphatic carbocycles. The summed E-state index contributed by atoms with van der Waals surface area (Å²) in [4.78, 5) is 0. The van der Waals surface area contributed by atoms with Crippen LogP contribution < -0.4 is 0 Å². The summed E-state index contributed by atoms with van der Waals surface area (Å²) < 4.78 is 0. The average molecular weight is 224 g/mol. The molecule has 0 fully saturated rings. The lowest BCUT2D eigenvalue weighted by Gasteiger charge is -2.07. The monoisotopic (exact) mass is 224 g/mol. The molecule has 0 spiro atoms. The van der Waals surface area contributed by atoms with E-state index in [0.29, 0.717) is 5.75 Å². The first-order valence-electron chi connectivity index (χ1n) is 5.73. The van der Waals surface area contributed by atoms with Crippen LogP contribution in [0.1, 0.15) is 19.4 Å². The van der Waals surface area contributed by atoms with Crippen molar-refractivity contribution in [1.29, 1.82) is 0 Å². The van der Waals surface area contributed by atoms with E-state index >= 15 is 0 Å². The molecule has 0 aromatic heterocycles. The van der Waals surface area contributed by atoms with E-state index in [4.69, 9.17) is 0 Å². The summed E-state index contributed by atoms with van der Waals surface area (Å²) in [5.74, 6) is 0.308. The lowest BCUT2D eigenvalue weighted by Crippen LogP contribution is -1.83. The predicted molar refractivity (Wildman–Crippen MR) is 72.9 cm³/mol. The smallest absolute Gasteiger partial charge is 0.116 e. The molecule has 1 N–H and O–H groups in total. The lowest BCUT2D eigenvalue weighted by molar-refractivity contribution is 0.475. The van der Waals surface area contributed by atoms with Crippen molar-refractivity contribution in [1.82, 2.24) is 0 Å². The van der Waals surface area contributed by atoms with Crippen molar-refractivity contribution in [3.8, 4) is 16.9 Å².